The van der Waals surface area contributed by atoms with E-state index in [9.17, 15) is 9.59 Å². The van der Waals surface area contributed by atoms with Crippen LogP contribution < -0.4 is 15.5 Å². The molecule has 138 valence electrons. The first-order valence-electron chi connectivity index (χ1n) is 8.67. The second-order valence-corrected chi connectivity index (χ2v) is 7.43. The Hall–Kier alpha value is -2.83. The summed E-state index contributed by atoms with van der Waals surface area (Å²) in [6.45, 7) is 6.02. The molecule has 0 aliphatic carbocycles. The molecule has 1 aromatic heterocycles. The van der Waals surface area contributed by atoms with Crippen LogP contribution in [0.25, 0.3) is 0 Å². The minimum atomic E-state index is -0.558. The van der Waals surface area contributed by atoms with Gasteiger partial charge in [0.25, 0.3) is 0 Å². The van der Waals surface area contributed by atoms with E-state index in [1.165, 1.54) is 0 Å². The molecule has 1 atom stereocenters. The molecule has 1 aliphatic heterocycles. The molecule has 1 saturated heterocycles. The molecular formula is C19H24N4O3. The van der Waals surface area contributed by atoms with Crippen LogP contribution in [0.2, 0.25) is 0 Å². The normalized spacial score (nSPS) is 17.5. The highest BCUT2D eigenvalue weighted by molar-refractivity contribution is 6.07. The number of rotatable bonds is 4. The van der Waals surface area contributed by atoms with Crippen molar-refractivity contribution in [1.82, 2.24) is 5.16 Å². The number of carbonyl (C=O) groups excluding carboxylic acids is 2. The molecule has 3 rings (SSSR count). The molecule has 0 saturated carbocycles. The summed E-state index contributed by atoms with van der Waals surface area (Å²) in [6, 6.07) is 8.59. The molecule has 2 aromatic rings. The van der Waals surface area contributed by atoms with E-state index in [4.69, 9.17) is 4.52 Å². The molecule has 2 amide bonds. The van der Waals surface area contributed by atoms with Crippen LogP contribution in [0.3, 0.4) is 0 Å². The number of nitrogens with zero attached hydrogens (tertiary/aromatic N) is 2. The van der Waals surface area contributed by atoms with Gasteiger partial charge in [-0.05, 0) is 30.7 Å². The first-order chi connectivity index (χ1) is 12.3. The van der Waals surface area contributed by atoms with Gasteiger partial charge < -0.3 is 15.2 Å². The van der Waals surface area contributed by atoms with Crippen LogP contribution in [0.5, 0.6) is 0 Å². The van der Waals surface area contributed by atoms with E-state index < -0.39 is 6.04 Å². The van der Waals surface area contributed by atoms with Crippen molar-refractivity contribution < 1.29 is 14.1 Å². The number of aromatic nitrogens is 1. The van der Waals surface area contributed by atoms with Gasteiger partial charge in [-0.25, -0.2) is 0 Å². The summed E-state index contributed by atoms with van der Waals surface area (Å²) >= 11 is 0. The Morgan fingerprint density at radius 1 is 1.27 bits per heavy atom. The van der Waals surface area contributed by atoms with Gasteiger partial charge in [-0.1, -0.05) is 25.9 Å². The first-order valence-corrected chi connectivity index (χ1v) is 8.67. The van der Waals surface area contributed by atoms with E-state index >= 15 is 0 Å². The lowest BCUT2D eigenvalue weighted by atomic mass is 9.93. The Labute approximate surface area is 152 Å². The van der Waals surface area contributed by atoms with E-state index in [2.05, 4.69) is 15.8 Å². The summed E-state index contributed by atoms with van der Waals surface area (Å²) in [5.74, 6) is 0.736. The van der Waals surface area contributed by atoms with Crippen LogP contribution in [0.15, 0.2) is 34.9 Å². The second kappa shape index (κ2) is 6.82. The monoisotopic (exact) mass is 356 g/mol. The molecule has 7 nitrogen and oxygen atoms in total. The molecule has 0 spiro atoms. The highest BCUT2D eigenvalue weighted by Gasteiger charge is 2.37. The van der Waals surface area contributed by atoms with E-state index in [1.54, 1.807) is 11.0 Å². The number of nitrogens with one attached hydrogen (secondary N) is 2. The van der Waals surface area contributed by atoms with Gasteiger partial charge in [0.1, 0.15) is 11.8 Å². The van der Waals surface area contributed by atoms with Crippen molar-refractivity contribution in [3.63, 3.8) is 0 Å². The fourth-order valence-corrected chi connectivity index (χ4v) is 2.94. The number of anilines is 3. The minimum Gasteiger partial charge on any atom is -0.388 e. The summed E-state index contributed by atoms with van der Waals surface area (Å²) in [5, 5.41) is 9.72. The Balaban J connectivity index is 1.77. The number of amides is 2. The van der Waals surface area contributed by atoms with Gasteiger partial charge in [0.2, 0.25) is 11.8 Å². The molecule has 7 heteroatoms. The summed E-state index contributed by atoms with van der Waals surface area (Å²) in [6.07, 6.45) is 0.820. The first kappa shape index (κ1) is 18.0. The smallest absolute Gasteiger partial charge is 0.248 e. The molecule has 1 aliphatic rings. The molecule has 0 unspecified atom stereocenters. The molecular weight excluding hydrogens is 332 g/mol. The van der Waals surface area contributed by atoms with Gasteiger partial charge in [-0.2, -0.15) is 0 Å². The predicted octanol–water partition coefficient (Wildman–Crippen LogP) is 3.15. The Morgan fingerprint density at radius 3 is 2.54 bits per heavy atom. The van der Waals surface area contributed by atoms with Crippen molar-refractivity contribution in [2.24, 2.45) is 0 Å². The summed E-state index contributed by atoms with van der Waals surface area (Å²) < 4.78 is 5.30. The average Bonchev–Trinajstić information content (AvgIpc) is 3.21. The van der Waals surface area contributed by atoms with Gasteiger partial charge in [-0.3, -0.25) is 14.5 Å². The van der Waals surface area contributed by atoms with Crippen LogP contribution in [0, 0.1) is 0 Å². The van der Waals surface area contributed by atoms with Crippen molar-refractivity contribution in [3.05, 3.63) is 36.1 Å². The quantitative estimate of drug-likeness (QED) is 0.879. The lowest BCUT2D eigenvalue weighted by Gasteiger charge is -2.24. The fourth-order valence-electron chi connectivity index (χ4n) is 2.94. The molecule has 0 bridgehead atoms. The Morgan fingerprint density at radius 2 is 1.96 bits per heavy atom. The standard InChI is InChI=1S/C19H24N4O3/c1-19(2,3)15-11-16(22-26-15)21-18(25)14-9-10-17(24)23(14)13-7-5-12(20-4)6-8-13/h5-8,11,14,20H,9-10H2,1-4H3,(H,21,22,25)/t14-/m0/s1. The van der Waals surface area contributed by atoms with E-state index in [0.29, 0.717) is 30.1 Å². The fraction of sp³-hybridized carbons (Fsp3) is 0.421. The topological polar surface area (TPSA) is 87.5 Å². The molecule has 2 heterocycles. The number of benzene rings is 1. The summed E-state index contributed by atoms with van der Waals surface area (Å²) in [5.41, 5.74) is 1.46. The zero-order valence-corrected chi connectivity index (χ0v) is 15.5. The maximum atomic E-state index is 12.7. The van der Waals surface area contributed by atoms with Crippen LogP contribution >= 0.6 is 0 Å². The Bertz CT molecular complexity index is 805. The molecule has 2 N–H and O–H groups in total. The highest BCUT2D eigenvalue weighted by atomic mass is 16.5. The number of carbonyl (C=O) groups is 2. The van der Waals surface area contributed by atoms with Crippen LogP contribution in [0.1, 0.15) is 39.4 Å². The van der Waals surface area contributed by atoms with Crippen molar-refractivity contribution in [3.8, 4) is 0 Å². The van der Waals surface area contributed by atoms with Gasteiger partial charge in [0.05, 0.1) is 0 Å². The van der Waals surface area contributed by atoms with Crippen LogP contribution in [-0.4, -0.2) is 30.1 Å². The van der Waals surface area contributed by atoms with E-state index in [1.807, 2.05) is 52.1 Å². The maximum absolute atomic E-state index is 12.7. The lowest BCUT2D eigenvalue weighted by molar-refractivity contribution is -0.120. The number of hydrogen-bond acceptors (Lipinski definition) is 5. The van der Waals surface area contributed by atoms with Crippen molar-refractivity contribution in [2.45, 2.75) is 45.1 Å². The van der Waals surface area contributed by atoms with Crippen LogP contribution in [0.4, 0.5) is 17.2 Å². The van der Waals surface area contributed by atoms with Crippen molar-refractivity contribution in [1.29, 1.82) is 0 Å². The summed E-state index contributed by atoms with van der Waals surface area (Å²) in [7, 11) is 1.83. The molecule has 1 fully saturated rings. The third-order valence-electron chi connectivity index (χ3n) is 4.45. The predicted molar refractivity (Wildman–Crippen MR) is 100 cm³/mol. The molecule has 26 heavy (non-hydrogen) atoms. The average molecular weight is 356 g/mol. The third kappa shape index (κ3) is 3.56. The van der Waals surface area contributed by atoms with E-state index in [0.717, 1.165) is 5.69 Å². The Kier molecular flexibility index (Phi) is 4.71. The van der Waals surface area contributed by atoms with E-state index in [-0.39, 0.29) is 17.2 Å². The second-order valence-electron chi connectivity index (χ2n) is 7.43. The zero-order valence-electron chi connectivity index (χ0n) is 15.5. The number of hydrogen-bond donors (Lipinski definition) is 2. The van der Waals surface area contributed by atoms with Gasteiger partial charge in [-0.15, -0.1) is 0 Å². The van der Waals surface area contributed by atoms with Crippen molar-refractivity contribution >= 4 is 29.0 Å². The SMILES string of the molecule is CNc1ccc(N2C(=O)CC[C@H]2C(=O)Nc2cc(C(C)(C)C)on2)cc1. The lowest BCUT2D eigenvalue weighted by Crippen LogP contribution is -2.41. The molecule has 1 aromatic carbocycles. The summed E-state index contributed by atoms with van der Waals surface area (Å²) in [4.78, 5) is 26.6. The van der Waals surface area contributed by atoms with Crippen molar-refractivity contribution in [2.75, 3.05) is 22.6 Å². The third-order valence-corrected chi connectivity index (χ3v) is 4.45. The van der Waals surface area contributed by atoms with Gasteiger partial charge >= 0.3 is 0 Å². The highest BCUT2D eigenvalue weighted by Crippen LogP contribution is 2.29. The van der Waals surface area contributed by atoms with Gasteiger partial charge in [0.15, 0.2) is 5.82 Å². The zero-order chi connectivity index (χ0) is 18.9. The molecule has 0 radical (unpaired) electrons. The minimum absolute atomic E-state index is 0.0575. The van der Waals surface area contributed by atoms with Crippen LogP contribution in [-0.2, 0) is 15.0 Å². The van der Waals surface area contributed by atoms with Gasteiger partial charge in [0, 0.05) is 36.3 Å². The largest absolute Gasteiger partial charge is 0.388 e. The maximum Gasteiger partial charge on any atom is 0.248 e.